The molecule has 1 aliphatic heterocycles. The van der Waals surface area contributed by atoms with Gasteiger partial charge in [-0.1, -0.05) is 18.2 Å². The van der Waals surface area contributed by atoms with E-state index in [2.05, 4.69) is 12.2 Å². The molecule has 78 valence electrons. The largest absolute Gasteiger partial charge is 0.508 e. The van der Waals surface area contributed by atoms with Gasteiger partial charge in [0.25, 0.3) is 0 Å². The highest BCUT2D eigenvalue weighted by atomic mass is 35.5. The normalized spacial score (nSPS) is 25.8. The van der Waals surface area contributed by atoms with Crippen LogP contribution in [0.1, 0.15) is 18.7 Å². The summed E-state index contributed by atoms with van der Waals surface area (Å²) in [6.45, 7) is 2.75. The molecule has 0 saturated carbocycles. The van der Waals surface area contributed by atoms with Gasteiger partial charge in [0.1, 0.15) is 12.0 Å². The third-order valence-electron chi connectivity index (χ3n) is 2.17. The van der Waals surface area contributed by atoms with Gasteiger partial charge in [0, 0.05) is 11.6 Å². The average Bonchev–Trinajstić information content (AvgIpc) is 2.53. The van der Waals surface area contributed by atoms with Crippen molar-refractivity contribution in [3.63, 3.8) is 0 Å². The summed E-state index contributed by atoms with van der Waals surface area (Å²) in [5.74, 6) is 0.286. The zero-order chi connectivity index (χ0) is 9.26. The zero-order valence-corrected chi connectivity index (χ0v) is 8.75. The van der Waals surface area contributed by atoms with E-state index in [1.165, 1.54) is 0 Å². The number of rotatable bonds is 1. The summed E-state index contributed by atoms with van der Waals surface area (Å²) in [6, 6.07) is 7.58. The average molecular weight is 216 g/mol. The second kappa shape index (κ2) is 4.64. The molecule has 0 amide bonds. The van der Waals surface area contributed by atoms with Gasteiger partial charge in [-0.3, -0.25) is 5.32 Å². The molecule has 0 spiro atoms. The quantitative estimate of drug-likeness (QED) is 0.751. The Kier molecular flexibility index (Phi) is 3.75. The van der Waals surface area contributed by atoms with Gasteiger partial charge >= 0.3 is 0 Å². The topological polar surface area (TPSA) is 41.5 Å². The fourth-order valence-electron chi connectivity index (χ4n) is 1.48. The van der Waals surface area contributed by atoms with E-state index in [4.69, 9.17) is 4.74 Å². The molecule has 3 nitrogen and oxygen atoms in total. The van der Waals surface area contributed by atoms with E-state index < -0.39 is 0 Å². The van der Waals surface area contributed by atoms with Crippen LogP contribution < -0.4 is 5.32 Å². The fraction of sp³-hybridized carbons (Fsp3) is 0.400. The maximum atomic E-state index is 9.54. The Hall–Kier alpha value is -0.770. The first-order valence-electron chi connectivity index (χ1n) is 4.43. The second-order valence-corrected chi connectivity index (χ2v) is 3.34. The second-order valence-electron chi connectivity index (χ2n) is 3.34. The summed E-state index contributed by atoms with van der Waals surface area (Å²) in [4.78, 5) is 0. The Morgan fingerprint density at radius 2 is 2.14 bits per heavy atom. The Balaban J connectivity index is 0.000000980. The summed E-state index contributed by atoms with van der Waals surface area (Å²) in [6.07, 6.45) is -0.156. The molecule has 4 heteroatoms. The third-order valence-corrected chi connectivity index (χ3v) is 2.17. The van der Waals surface area contributed by atoms with E-state index in [-0.39, 0.29) is 24.4 Å². The molecule has 2 N–H and O–H groups in total. The van der Waals surface area contributed by atoms with Gasteiger partial charge < -0.3 is 9.84 Å². The molecule has 0 radical (unpaired) electrons. The van der Waals surface area contributed by atoms with Crippen molar-refractivity contribution in [3.05, 3.63) is 29.8 Å². The van der Waals surface area contributed by atoms with Crippen LogP contribution in [0.5, 0.6) is 5.75 Å². The summed E-state index contributed by atoms with van der Waals surface area (Å²) in [7, 11) is 0. The van der Waals surface area contributed by atoms with Crippen molar-refractivity contribution in [3.8, 4) is 5.75 Å². The Morgan fingerprint density at radius 3 is 2.71 bits per heavy atom. The van der Waals surface area contributed by atoms with E-state index in [1.807, 2.05) is 12.1 Å². The maximum Gasteiger partial charge on any atom is 0.138 e. The van der Waals surface area contributed by atoms with Crippen molar-refractivity contribution in [2.24, 2.45) is 0 Å². The van der Waals surface area contributed by atoms with Crippen LogP contribution in [0.3, 0.4) is 0 Å². The van der Waals surface area contributed by atoms with Crippen molar-refractivity contribution in [2.75, 3.05) is 6.61 Å². The van der Waals surface area contributed by atoms with Gasteiger partial charge in [0.15, 0.2) is 0 Å². The molecular formula is C10H14ClNO2. The number of phenols is 1. The fourth-order valence-corrected chi connectivity index (χ4v) is 1.48. The third kappa shape index (κ3) is 2.18. The standard InChI is InChI=1S/C10H13NO2.ClH/c1-7-6-13-10(11-7)8-4-2-3-5-9(8)12;/h2-5,7,10-12H,6H2,1H3;1H. The van der Waals surface area contributed by atoms with Gasteiger partial charge in [-0.15, -0.1) is 12.4 Å². The SMILES string of the molecule is CC1COC(c2ccccc2O)N1.Cl. The van der Waals surface area contributed by atoms with Gasteiger partial charge in [-0.25, -0.2) is 0 Å². The number of hydrogen-bond donors (Lipinski definition) is 2. The smallest absolute Gasteiger partial charge is 0.138 e. The predicted octanol–water partition coefficient (Wildman–Crippen LogP) is 1.82. The highest BCUT2D eigenvalue weighted by molar-refractivity contribution is 5.85. The zero-order valence-electron chi connectivity index (χ0n) is 7.93. The first-order valence-corrected chi connectivity index (χ1v) is 4.43. The minimum atomic E-state index is -0.156. The predicted molar refractivity (Wildman–Crippen MR) is 56.6 cm³/mol. The molecule has 1 aromatic carbocycles. The van der Waals surface area contributed by atoms with Crippen LogP contribution in [-0.4, -0.2) is 17.8 Å². The van der Waals surface area contributed by atoms with E-state index in [0.717, 1.165) is 5.56 Å². The van der Waals surface area contributed by atoms with E-state index >= 15 is 0 Å². The Labute approximate surface area is 89.5 Å². The van der Waals surface area contributed by atoms with Crippen LogP contribution in [0, 0.1) is 0 Å². The molecule has 1 fully saturated rings. The van der Waals surface area contributed by atoms with Gasteiger partial charge in [0.2, 0.25) is 0 Å². The lowest BCUT2D eigenvalue weighted by Crippen LogP contribution is -2.22. The molecule has 2 rings (SSSR count). The number of hydrogen-bond acceptors (Lipinski definition) is 3. The maximum absolute atomic E-state index is 9.54. The molecular weight excluding hydrogens is 202 g/mol. The van der Waals surface area contributed by atoms with E-state index in [1.54, 1.807) is 12.1 Å². The van der Waals surface area contributed by atoms with Crippen LogP contribution in [-0.2, 0) is 4.74 Å². The van der Waals surface area contributed by atoms with Crippen molar-refractivity contribution >= 4 is 12.4 Å². The number of benzene rings is 1. The van der Waals surface area contributed by atoms with Gasteiger partial charge in [-0.2, -0.15) is 0 Å². The van der Waals surface area contributed by atoms with Crippen molar-refractivity contribution in [1.29, 1.82) is 0 Å². The number of aromatic hydroxyl groups is 1. The lowest BCUT2D eigenvalue weighted by Gasteiger charge is -2.11. The molecule has 1 heterocycles. The molecule has 0 aromatic heterocycles. The van der Waals surface area contributed by atoms with Crippen molar-refractivity contribution in [1.82, 2.24) is 5.32 Å². The summed E-state index contributed by atoms with van der Waals surface area (Å²) < 4.78 is 5.46. The monoisotopic (exact) mass is 215 g/mol. The number of phenolic OH excluding ortho intramolecular Hbond substituents is 1. The summed E-state index contributed by atoms with van der Waals surface area (Å²) in [5.41, 5.74) is 0.812. The molecule has 1 aromatic rings. The van der Waals surface area contributed by atoms with Crippen molar-refractivity contribution in [2.45, 2.75) is 19.2 Å². The number of nitrogens with one attached hydrogen (secondary N) is 1. The first-order chi connectivity index (χ1) is 6.27. The molecule has 2 unspecified atom stereocenters. The summed E-state index contributed by atoms with van der Waals surface area (Å²) in [5, 5.41) is 12.8. The number of para-hydroxylation sites is 1. The van der Waals surface area contributed by atoms with Crippen LogP contribution in [0.2, 0.25) is 0 Å². The number of halogens is 1. The van der Waals surface area contributed by atoms with Gasteiger partial charge in [-0.05, 0) is 13.0 Å². The van der Waals surface area contributed by atoms with Crippen LogP contribution in [0.25, 0.3) is 0 Å². The van der Waals surface area contributed by atoms with Crippen LogP contribution in [0.15, 0.2) is 24.3 Å². The van der Waals surface area contributed by atoms with Crippen LogP contribution in [0.4, 0.5) is 0 Å². The molecule has 0 aliphatic carbocycles. The minimum Gasteiger partial charge on any atom is -0.508 e. The highest BCUT2D eigenvalue weighted by Crippen LogP contribution is 2.27. The highest BCUT2D eigenvalue weighted by Gasteiger charge is 2.23. The molecule has 2 atom stereocenters. The number of ether oxygens (including phenoxy) is 1. The lowest BCUT2D eigenvalue weighted by atomic mass is 10.2. The van der Waals surface area contributed by atoms with Gasteiger partial charge in [0.05, 0.1) is 6.61 Å². The molecule has 0 bridgehead atoms. The lowest BCUT2D eigenvalue weighted by molar-refractivity contribution is 0.0988. The molecule has 14 heavy (non-hydrogen) atoms. The Bertz CT molecular complexity index is 306. The van der Waals surface area contributed by atoms with E-state index in [0.29, 0.717) is 12.6 Å². The summed E-state index contributed by atoms with van der Waals surface area (Å²) >= 11 is 0. The Morgan fingerprint density at radius 1 is 1.43 bits per heavy atom. The minimum absolute atomic E-state index is 0. The molecule has 1 aliphatic rings. The van der Waals surface area contributed by atoms with E-state index in [9.17, 15) is 5.11 Å². The van der Waals surface area contributed by atoms with Crippen molar-refractivity contribution < 1.29 is 9.84 Å². The van der Waals surface area contributed by atoms with Crippen LogP contribution >= 0.6 is 12.4 Å². The first kappa shape index (κ1) is 11.3. The molecule has 1 saturated heterocycles.